The topological polar surface area (TPSA) is 138 Å². The molecule has 1 fully saturated rings. The average Bonchev–Trinajstić information content (AvgIpc) is 2.82. The van der Waals surface area contributed by atoms with Crippen LogP contribution in [0.3, 0.4) is 0 Å². The molecule has 12 heteroatoms. The van der Waals surface area contributed by atoms with Crippen molar-refractivity contribution in [2.75, 3.05) is 13.1 Å². The molecular formula is C24H27F2N3O7. The zero-order chi connectivity index (χ0) is 26.7. The first kappa shape index (κ1) is 28.2. The highest BCUT2D eigenvalue weighted by molar-refractivity contribution is 5.89. The first-order valence-electron chi connectivity index (χ1n) is 10.9. The second kappa shape index (κ2) is 13.7. The lowest BCUT2D eigenvalue weighted by Gasteiger charge is -2.38. The predicted octanol–water partition coefficient (Wildman–Crippen LogP) is 2.97. The monoisotopic (exact) mass is 507 g/mol. The quantitative estimate of drug-likeness (QED) is 0.483. The Balaban J connectivity index is 0.000000493. The van der Waals surface area contributed by atoms with Gasteiger partial charge in [-0.1, -0.05) is 6.07 Å². The van der Waals surface area contributed by atoms with Crippen LogP contribution in [0.25, 0.3) is 0 Å². The van der Waals surface area contributed by atoms with E-state index in [4.69, 9.17) is 19.7 Å². The van der Waals surface area contributed by atoms with Crippen LogP contribution in [0.5, 0.6) is 5.75 Å². The summed E-state index contributed by atoms with van der Waals surface area (Å²) in [6.45, 7) is 4.72. The van der Waals surface area contributed by atoms with E-state index >= 15 is 0 Å². The summed E-state index contributed by atoms with van der Waals surface area (Å²) in [5.74, 6) is -4.11. The third-order valence-corrected chi connectivity index (χ3v) is 4.99. The Morgan fingerprint density at radius 3 is 2.17 bits per heavy atom. The number of pyridine rings is 1. The van der Waals surface area contributed by atoms with Crippen LogP contribution >= 0.6 is 0 Å². The van der Waals surface area contributed by atoms with Crippen LogP contribution in [-0.4, -0.2) is 63.3 Å². The molecule has 1 aromatic carbocycles. The van der Waals surface area contributed by atoms with Crippen LogP contribution in [0.15, 0.2) is 48.8 Å². The van der Waals surface area contributed by atoms with E-state index in [2.05, 4.69) is 10.3 Å². The van der Waals surface area contributed by atoms with E-state index in [9.17, 15) is 23.2 Å². The first-order valence-corrected chi connectivity index (χ1v) is 10.9. The molecule has 2 aromatic rings. The number of nitrogens with one attached hydrogen (secondary N) is 1. The number of carbonyl (C=O) groups is 3. The van der Waals surface area contributed by atoms with Gasteiger partial charge in [0.25, 0.3) is 0 Å². The van der Waals surface area contributed by atoms with Crippen molar-refractivity contribution in [1.29, 1.82) is 0 Å². The molecule has 1 aliphatic heterocycles. The van der Waals surface area contributed by atoms with Gasteiger partial charge in [-0.3, -0.25) is 4.98 Å². The Morgan fingerprint density at radius 2 is 1.67 bits per heavy atom. The second-order valence-electron chi connectivity index (χ2n) is 7.84. The zero-order valence-electron chi connectivity index (χ0n) is 19.7. The smallest absolute Gasteiger partial charge is 0.410 e. The highest BCUT2D eigenvalue weighted by Crippen LogP contribution is 2.23. The summed E-state index contributed by atoms with van der Waals surface area (Å²) in [4.78, 5) is 37.0. The van der Waals surface area contributed by atoms with E-state index in [0.29, 0.717) is 25.2 Å². The van der Waals surface area contributed by atoms with E-state index in [1.54, 1.807) is 29.4 Å². The van der Waals surface area contributed by atoms with Crippen LogP contribution in [0.4, 0.5) is 13.6 Å². The number of carboxylic acid groups (broad SMARTS) is 2. The average molecular weight is 507 g/mol. The normalized spacial score (nSPS) is 17.2. The molecule has 2 heterocycles. The molecule has 0 saturated carbocycles. The summed E-state index contributed by atoms with van der Waals surface area (Å²) in [5.41, 5.74) is 0.470. The first-order chi connectivity index (χ1) is 17.1. The maximum Gasteiger partial charge on any atom is 0.410 e. The number of piperazine rings is 1. The van der Waals surface area contributed by atoms with E-state index in [1.807, 2.05) is 13.8 Å². The van der Waals surface area contributed by atoms with Crippen LogP contribution in [0, 0.1) is 11.6 Å². The maximum atomic E-state index is 14.3. The summed E-state index contributed by atoms with van der Waals surface area (Å²) in [6, 6.07) is 5.59. The molecule has 0 aliphatic carbocycles. The van der Waals surface area contributed by atoms with E-state index < -0.39 is 36.3 Å². The van der Waals surface area contributed by atoms with Crippen molar-refractivity contribution >= 4 is 18.0 Å². The molecule has 1 aromatic heterocycles. The fourth-order valence-electron chi connectivity index (χ4n) is 3.29. The number of rotatable bonds is 7. The number of amides is 1. The molecule has 3 rings (SSSR count). The van der Waals surface area contributed by atoms with Gasteiger partial charge in [-0.25, -0.2) is 23.2 Å². The largest absolute Gasteiger partial charge is 0.489 e. The molecule has 1 aliphatic rings. The summed E-state index contributed by atoms with van der Waals surface area (Å²) < 4.78 is 39.3. The number of halogens is 2. The van der Waals surface area contributed by atoms with Gasteiger partial charge < -0.3 is 29.9 Å². The van der Waals surface area contributed by atoms with Crippen molar-refractivity contribution in [1.82, 2.24) is 15.2 Å². The van der Waals surface area contributed by atoms with Gasteiger partial charge in [0.1, 0.15) is 30.6 Å². The number of carbonyl (C=O) groups excluding carboxylic acids is 1. The molecule has 2 atom stereocenters. The third kappa shape index (κ3) is 8.95. The zero-order valence-corrected chi connectivity index (χ0v) is 19.7. The third-order valence-electron chi connectivity index (χ3n) is 4.99. The van der Waals surface area contributed by atoms with Crippen molar-refractivity contribution in [3.8, 4) is 5.75 Å². The van der Waals surface area contributed by atoms with Crippen molar-refractivity contribution < 1.29 is 42.9 Å². The Morgan fingerprint density at radius 1 is 1.08 bits per heavy atom. The summed E-state index contributed by atoms with van der Waals surface area (Å²) >= 11 is 0. The van der Waals surface area contributed by atoms with Crippen molar-refractivity contribution in [3.63, 3.8) is 0 Å². The molecule has 36 heavy (non-hydrogen) atoms. The van der Waals surface area contributed by atoms with Gasteiger partial charge in [0.2, 0.25) is 0 Å². The number of carboxylic acids is 2. The predicted molar refractivity (Wildman–Crippen MR) is 123 cm³/mol. The van der Waals surface area contributed by atoms with Crippen LogP contribution in [0.1, 0.15) is 25.0 Å². The van der Waals surface area contributed by atoms with Gasteiger partial charge in [-0.2, -0.15) is 0 Å². The lowest BCUT2D eigenvalue weighted by atomic mass is 10.1. The Hall–Kier alpha value is -4.06. The van der Waals surface area contributed by atoms with E-state index in [0.717, 1.165) is 17.7 Å². The lowest BCUT2D eigenvalue weighted by molar-refractivity contribution is -0.134. The molecule has 0 spiro atoms. The lowest BCUT2D eigenvalue weighted by Crippen LogP contribution is -2.57. The molecule has 1 amide bonds. The number of ether oxygens (including phenoxy) is 2. The summed E-state index contributed by atoms with van der Waals surface area (Å²) in [7, 11) is 0. The molecular weight excluding hydrogens is 480 g/mol. The molecule has 3 N–H and O–H groups in total. The molecule has 194 valence electrons. The summed E-state index contributed by atoms with van der Waals surface area (Å²) in [6.07, 6.45) is 3.77. The Kier molecular flexibility index (Phi) is 10.7. The fraction of sp³-hybridized carbons (Fsp3) is 0.333. The molecule has 10 nitrogen and oxygen atoms in total. The molecule has 0 bridgehead atoms. The second-order valence-corrected chi connectivity index (χ2v) is 7.84. The number of benzene rings is 1. The Bertz CT molecular complexity index is 1030. The van der Waals surface area contributed by atoms with Crippen LogP contribution in [-0.2, 0) is 27.5 Å². The van der Waals surface area contributed by atoms with Gasteiger partial charge in [0.15, 0.2) is 0 Å². The van der Waals surface area contributed by atoms with E-state index in [-0.39, 0.29) is 30.0 Å². The molecule has 0 unspecified atom stereocenters. The van der Waals surface area contributed by atoms with Crippen LogP contribution < -0.4 is 10.1 Å². The number of aromatic nitrogens is 1. The van der Waals surface area contributed by atoms with Gasteiger partial charge in [0, 0.05) is 67.4 Å². The number of nitrogens with zero attached hydrogens (tertiary/aromatic N) is 2. The standard InChI is InChI=1S/C20H23F2N3O3.C4H4O4/c1-13-8-24-9-14(2)25(13)20(26)28-12-17-18(21)6-16(7-19(17)22)27-11-15-4-3-5-23-10-15;5-3(6)1-2-4(7)8/h3-7,10,13-14,24H,8-9,11-12H2,1-2H3;1-2H,(H,5,6)(H,7,8)/t13-,14+;. The van der Waals surface area contributed by atoms with Crippen LogP contribution in [0.2, 0.25) is 0 Å². The highest BCUT2D eigenvalue weighted by Gasteiger charge is 2.30. The van der Waals surface area contributed by atoms with Gasteiger partial charge in [-0.15, -0.1) is 0 Å². The number of hydrogen-bond donors (Lipinski definition) is 3. The SMILES string of the molecule is C[C@@H]1CNC[C@H](C)N1C(=O)OCc1c(F)cc(OCc2cccnc2)cc1F.O=C(O)C=CC(=O)O. The maximum absolute atomic E-state index is 14.3. The van der Waals surface area contributed by atoms with Gasteiger partial charge in [-0.05, 0) is 19.9 Å². The van der Waals surface area contributed by atoms with Gasteiger partial charge in [0.05, 0.1) is 5.56 Å². The van der Waals surface area contributed by atoms with Gasteiger partial charge >= 0.3 is 18.0 Å². The number of hydrogen-bond acceptors (Lipinski definition) is 7. The minimum absolute atomic E-state index is 0.0540. The molecule has 0 radical (unpaired) electrons. The fourth-order valence-corrected chi connectivity index (χ4v) is 3.29. The summed E-state index contributed by atoms with van der Waals surface area (Å²) in [5, 5.41) is 18.8. The number of aliphatic carboxylic acids is 2. The molecule has 1 saturated heterocycles. The van der Waals surface area contributed by atoms with Crippen molar-refractivity contribution in [2.24, 2.45) is 0 Å². The van der Waals surface area contributed by atoms with Crippen molar-refractivity contribution in [3.05, 3.63) is 71.6 Å². The van der Waals surface area contributed by atoms with E-state index in [1.165, 1.54) is 0 Å². The minimum atomic E-state index is -1.26. The Labute approximate surface area is 206 Å². The van der Waals surface area contributed by atoms with Crippen molar-refractivity contribution in [2.45, 2.75) is 39.1 Å². The highest BCUT2D eigenvalue weighted by atomic mass is 19.1. The minimum Gasteiger partial charge on any atom is -0.489 e.